The van der Waals surface area contributed by atoms with Crippen molar-refractivity contribution in [2.24, 2.45) is 10.9 Å². The van der Waals surface area contributed by atoms with E-state index in [1.165, 1.54) is 18.4 Å². The fourth-order valence-corrected chi connectivity index (χ4v) is 3.67. The number of amides is 1. The molecule has 0 spiro atoms. The maximum Gasteiger partial charge on any atom is 0.248 e. The molecule has 0 atom stereocenters. The first-order chi connectivity index (χ1) is 12.2. The number of aliphatic imine (C=N–C) groups is 1. The molecule has 0 aromatic heterocycles. The molecule has 1 saturated heterocycles. The second-order valence-corrected chi connectivity index (χ2v) is 7.12. The Kier molecular flexibility index (Phi) is 8.18. The van der Waals surface area contributed by atoms with Gasteiger partial charge in [0.05, 0.1) is 0 Å². The third-order valence-electron chi connectivity index (χ3n) is 5.19. The summed E-state index contributed by atoms with van der Waals surface area (Å²) in [5, 5.41) is 3.35. The van der Waals surface area contributed by atoms with E-state index in [9.17, 15) is 4.79 Å². The van der Waals surface area contributed by atoms with Gasteiger partial charge in [-0.3, -0.25) is 4.79 Å². The molecule has 2 heterocycles. The Labute approximate surface area is 174 Å². The third kappa shape index (κ3) is 5.11. The lowest BCUT2D eigenvalue weighted by Gasteiger charge is -2.33. The molecule has 0 saturated carbocycles. The Balaban J connectivity index is 0.00000243. The van der Waals surface area contributed by atoms with Gasteiger partial charge in [-0.25, -0.2) is 4.99 Å². The van der Waals surface area contributed by atoms with Crippen molar-refractivity contribution in [2.75, 3.05) is 37.6 Å². The monoisotopic (exact) mass is 470 g/mol. The number of nitrogens with zero attached hydrogens (tertiary/aromatic N) is 3. The zero-order chi connectivity index (χ0) is 17.6. The molecule has 1 amide bonds. The van der Waals surface area contributed by atoms with Gasteiger partial charge in [0.2, 0.25) is 5.91 Å². The first-order valence-corrected chi connectivity index (χ1v) is 9.60. The van der Waals surface area contributed by atoms with Gasteiger partial charge in [0.15, 0.2) is 5.96 Å². The van der Waals surface area contributed by atoms with Crippen molar-refractivity contribution in [3.63, 3.8) is 0 Å². The Morgan fingerprint density at radius 2 is 1.96 bits per heavy atom. The highest BCUT2D eigenvalue weighted by molar-refractivity contribution is 14.0. The number of halogens is 1. The summed E-state index contributed by atoms with van der Waals surface area (Å²) >= 11 is 0. The van der Waals surface area contributed by atoms with Crippen molar-refractivity contribution in [1.29, 1.82) is 0 Å². The number of benzene rings is 1. The lowest BCUT2D eigenvalue weighted by molar-refractivity contribution is -0.117. The van der Waals surface area contributed by atoms with E-state index in [1.54, 1.807) is 0 Å². The molecule has 0 aliphatic carbocycles. The molecule has 0 unspecified atom stereocenters. The third-order valence-corrected chi connectivity index (χ3v) is 5.19. The predicted molar refractivity (Wildman–Crippen MR) is 118 cm³/mol. The summed E-state index contributed by atoms with van der Waals surface area (Å²) in [5.41, 5.74) is 2.33. The van der Waals surface area contributed by atoms with Crippen molar-refractivity contribution in [3.05, 3.63) is 29.8 Å². The molecule has 0 bridgehead atoms. The van der Waals surface area contributed by atoms with Crippen LogP contribution in [0.4, 0.5) is 5.69 Å². The number of rotatable bonds is 3. The quantitative estimate of drug-likeness (QED) is 0.419. The molecule has 26 heavy (non-hydrogen) atoms. The average molecular weight is 470 g/mol. The summed E-state index contributed by atoms with van der Waals surface area (Å²) in [5.74, 6) is 1.76. The van der Waals surface area contributed by atoms with E-state index in [1.807, 2.05) is 23.1 Å². The van der Waals surface area contributed by atoms with Gasteiger partial charge in [0, 0.05) is 31.9 Å². The highest BCUT2D eigenvalue weighted by Gasteiger charge is 2.23. The smallest absolute Gasteiger partial charge is 0.248 e. The molecular weight excluding hydrogens is 439 g/mol. The SMILES string of the molecule is CCNC(=NCC(=O)N1CCCc2ccccc21)N1CCC(C)CC1.I. The molecule has 2 aliphatic rings. The zero-order valence-corrected chi connectivity index (χ0v) is 18.2. The highest BCUT2D eigenvalue weighted by Crippen LogP contribution is 2.26. The van der Waals surface area contributed by atoms with E-state index in [4.69, 9.17) is 0 Å². The molecule has 1 aromatic carbocycles. The summed E-state index contributed by atoms with van der Waals surface area (Å²) in [4.78, 5) is 21.6. The summed E-state index contributed by atoms with van der Waals surface area (Å²) < 4.78 is 0. The molecule has 144 valence electrons. The molecule has 3 rings (SSSR count). The first-order valence-electron chi connectivity index (χ1n) is 9.60. The van der Waals surface area contributed by atoms with Crippen LogP contribution in [0.25, 0.3) is 0 Å². The van der Waals surface area contributed by atoms with Crippen LogP contribution in [0.5, 0.6) is 0 Å². The largest absolute Gasteiger partial charge is 0.357 e. The summed E-state index contributed by atoms with van der Waals surface area (Å²) in [6.45, 7) is 8.25. The van der Waals surface area contributed by atoms with Crippen molar-refractivity contribution in [2.45, 2.75) is 39.5 Å². The minimum Gasteiger partial charge on any atom is -0.357 e. The summed E-state index contributed by atoms with van der Waals surface area (Å²) in [6, 6.07) is 8.22. The Morgan fingerprint density at radius 1 is 1.23 bits per heavy atom. The average Bonchev–Trinajstić information content (AvgIpc) is 2.65. The van der Waals surface area contributed by atoms with E-state index in [0.717, 1.165) is 56.6 Å². The fraction of sp³-hybridized carbons (Fsp3) is 0.600. The van der Waals surface area contributed by atoms with Crippen LogP contribution >= 0.6 is 24.0 Å². The zero-order valence-electron chi connectivity index (χ0n) is 15.9. The number of hydrogen-bond acceptors (Lipinski definition) is 2. The lowest BCUT2D eigenvalue weighted by atomic mass is 10.00. The summed E-state index contributed by atoms with van der Waals surface area (Å²) in [7, 11) is 0. The number of anilines is 1. The van der Waals surface area contributed by atoms with Crippen LogP contribution in [0.1, 0.15) is 38.7 Å². The van der Waals surface area contributed by atoms with Gasteiger partial charge in [-0.1, -0.05) is 25.1 Å². The maximum absolute atomic E-state index is 12.8. The van der Waals surface area contributed by atoms with E-state index < -0.39 is 0 Å². The molecular formula is C20H31IN4O. The second kappa shape index (κ2) is 10.1. The maximum atomic E-state index is 12.8. The van der Waals surface area contributed by atoms with E-state index >= 15 is 0 Å². The molecule has 2 aliphatic heterocycles. The number of likely N-dealkylation sites (tertiary alicyclic amines) is 1. The Hall–Kier alpha value is -1.31. The van der Waals surface area contributed by atoms with Crippen molar-refractivity contribution < 1.29 is 4.79 Å². The van der Waals surface area contributed by atoms with Gasteiger partial charge >= 0.3 is 0 Å². The van der Waals surface area contributed by atoms with Crippen LogP contribution in [-0.2, 0) is 11.2 Å². The van der Waals surface area contributed by atoms with Crippen LogP contribution in [0.15, 0.2) is 29.3 Å². The summed E-state index contributed by atoms with van der Waals surface area (Å²) in [6.07, 6.45) is 4.46. The van der Waals surface area contributed by atoms with Gasteiger partial charge in [0.1, 0.15) is 6.54 Å². The van der Waals surface area contributed by atoms with Crippen LogP contribution < -0.4 is 10.2 Å². The van der Waals surface area contributed by atoms with Gasteiger partial charge in [-0.2, -0.15) is 0 Å². The number of carbonyl (C=O) groups is 1. The van der Waals surface area contributed by atoms with Crippen molar-refractivity contribution in [1.82, 2.24) is 10.2 Å². The predicted octanol–water partition coefficient (Wildman–Crippen LogP) is 3.28. The second-order valence-electron chi connectivity index (χ2n) is 7.12. The Bertz CT molecular complexity index is 626. The minimum absolute atomic E-state index is 0. The molecule has 1 fully saturated rings. The number of para-hydroxylation sites is 1. The minimum atomic E-state index is 0. The lowest BCUT2D eigenvalue weighted by Crippen LogP contribution is -2.46. The normalized spacial score (nSPS) is 18.2. The molecule has 1 aromatic rings. The van der Waals surface area contributed by atoms with Crippen LogP contribution in [-0.4, -0.2) is 49.5 Å². The van der Waals surface area contributed by atoms with E-state index in [0.29, 0.717) is 0 Å². The standard InChI is InChI=1S/C20H30N4O.HI/c1-3-21-20(23-13-10-16(2)11-14-23)22-15-19(25)24-12-6-8-17-7-4-5-9-18(17)24;/h4-5,7,9,16H,3,6,8,10-15H2,1-2H3,(H,21,22);1H. The van der Waals surface area contributed by atoms with E-state index in [-0.39, 0.29) is 36.4 Å². The number of nitrogens with one attached hydrogen (secondary N) is 1. The number of fused-ring (bicyclic) bond motifs is 1. The first kappa shape index (κ1) is 21.0. The van der Waals surface area contributed by atoms with Gasteiger partial charge in [-0.15, -0.1) is 24.0 Å². The van der Waals surface area contributed by atoms with Gasteiger partial charge in [-0.05, 0) is 50.2 Å². The Morgan fingerprint density at radius 3 is 2.69 bits per heavy atom. The van der Waals surface area contributed by atoms with Gasteiger partial charge in [0.25, 0.3) is 0 Å². The number of piperidine rings is 1. The van der Waals surface area contributed by atoms with E-state index in [2.05, 4.69) is 35.1 Å². The van der Waals surface area contributed by atoms with Crippen LogP contribution in [0.2, 0.25) is 0 Å². The fourth-order valence-electron chi connectivity index (χ4n) is 3.67. The molecule has 5 nitrogen and oxygen atoms in total. The molecule has 0 radical (unpaired) electrons. The topological polar surface area (TPSA) is 47.9 Å². The van der Waals surface area contributed by atoms with Crippen molar-refractivity contribution in [3.8, 4) is 0 Å². The van der Waals surface area contributed by atoms with Crippen molar-refractivity contribution >= 4 is 41.5 Å². The van der Waals surface area contributed by atoms with Crippen LogP contribution in [0, 0.1) is 5.92 Å². The number of guanidine groups is 1. The molecule has 1 N–H and O–H groups in total. The van der Waals surface area contributed by atoms with Crippen LogP contribution in [0.3, 0.4) is 0 Å². The number of carbonyl (C=O) groups excluding carboxylic acids is 1. The number of aryl methyl sites for hydroxylation is 1. The number of hydrogen-bond donors (Lipinski definition) is 1. The highest BCUT2D eigenvalue weighted by atomic mass is 127. The van der Waals surface area contributed by atoms with Gasteiger partial charge < -0.3 is 15.1 Å². The molecule has 6 heteroatoms.